The maximum absolute atomic E-state index is 14.4. The molecule has 1 aliphatic carbocycles. The van der Waals surface area contributed by atoms with Gasteiger partial charge in [0.25, 0.3) is 0 Å². The number of methoxy groups -OCH3 is 1. The number of hydrogen-bond donors (Lipinski definition) is 1. The van der Waals surface area contributed by atoms with E-state index in [9.17, 15) is 14.4 Å². The normalized spacial score (nSPS) is 20.7. The summed E-state index contributed by atoms with van der Waals surface area (Å²) in [5.74, 6) is -3.01. The van der Waals surface area contributed by atoms with E-state index in [-0.39, 0.29) is 19.0 Å². The number of nitrogens with zero attached hydrogens (tertiary/aromatic N) is 1. The number of benzene rings is 2. The maximum atomic E-state index is 14.4. The molecule has 0 spiro atoms. The van der Waals surface area contributed by atoms with Gasteiger partial charge in [-0.2, -0.15) is 0 Å². The first-order valence-electron chi connectivity index (χ1n) is 13.2. The van der Waals surface area contributed by atoms with Gasteiger partial charge in [0.2, 0.25) is 0 Å². The molecule has 0 unspecified atom stereocenters. The van der Waals surface area contributed by atoms with Crippen molar-refractivity contribution in [3.05, 3.63) is 82.2 Å². The van der Waals surface area contributed by atoms with Crippen LogP contribution in [0, 0.1) is 5.92 Å². The lowest BCUT2D eigenvalue weighted by atomic mass is 9.67. The van der Waals surface area contributed by atoms with Gasteiger partial charge in [0.05, 0.1) is 25.9 Å². The number of Topliss-reactive ketones (excluding diaryl/α,β-unsaturated/α-hetero) is 1. The molecule has 2 aliphatic rings. The fourth-order valence-electron chi connectivity index (χ4n) is 5.50. The lowest BCUT2D eigenvalue weighted by Gasteiger charge is -2.39. The van der Waals surface area contributed by atoms with E-state index < -0.39 is 29.7 Å². The molecule has 39 heavy (non-hydrogen) atoms. The number of anilines is 1. The van der Waals surface area contributed by atoms with Crippen LogP contribution in [-0.4, -0.2) is 52.1 Å². The number of allylic oxidation sites excluding steroid dienone is 3. The summed E-state index contributed by atoms with van der Waals surface area (Å²) in [5.41, 5.74) is 4.65. The SMILES string of the molecule is CCOC(=O)C1=C(C)NC2=C(C(=O)[C@H](C(=O)OCC)[C@H](c3cccc(OC)c3)C2)[C@H]1c1ccc(N(C)C)cc1. The van der Waals surface area contributed by atoms with E-state index in [1.807, 2.05) is 74.4 Å². The summed E-state index contributed by atoms with van der Waals surface area (Å²) < 4.78 is 16.3. The van der Waals surface area contributed by atoms with Crippen molar-refractivity contribution >= 4 is 23.4 Å². The smallest absolute Gasteiger partial charge is 0.336 e. The van der Waals surface area contributed by atoms with Crippen LogP contribution < -0.4 is 15.0 Å². The molecule has 1 aliphatic heterocycles. The molecular formula is C31H36N2O6. The summed E-state index contributed by atoms with van der Waals surface area (Å²) in [7, 11) is 5.47. The summed E-state index contributed by atoms with van der Waals surface area (Å²) in [6.45, 7) is 5.64. The molecule has 1 heterocycles. The third-order valence-corrected chi connectivity index (χ3v) is 7.32. The first kappa shape index (κ1) is 28.0. The largest absolute Gasteiger partial charge is 0.497 e. The number of esters is 2. The van der Waals surface area contributed by atoms with Crippen LogP contribution in [-0.2, 0) is 23.9 Å². The summed E-state index contributed by atoms with van der Waals surface area (Å²) in [6.07, 6.45) is 0.386. The predicted octanol–water partition coefficient (Wildman–Crippen LogP) is 4.48. The van der Waals surface area contributed by atoms with E-state index in [2.05, 4.69) is 5.32 Å². The number of ether oxygens (including phenoxy) is 3. The third-order valence-electron chi connectivity index (χ3n) is 7.32. The molecule has 1 N–H and O–H groups in total. The molecule has 0 bridgehead atoms. The highest BCUT2D eigenvalue weighted by Crippen LogP contribution is 2.48. The second-order valence-electron chi connectivity index (χ2n) is 9.88. The lowest BCUT2D eigenvalue weighted by molar-refractivity contribution is -0.152. The first-order valence-corrected chi connectivity index (χ1v) is 13.2. The Morgan fingerprint density at radius 2 is 1.69 bits per heavy atom. The van der Waals surface area contributed by atoms with Crippen LogP contribution in [0.3, 0.4) is 0 Å². The van der Waals surface area contributed by atoms with Gasteiger partial charge in [-0.3, -0.25) is 9.59 Å². The quantitative estimate of drug-likeness (QED) is 0.393. The Balaban J connectivity index is 1.89. The van der Waals surface area contributed by atoms with Gasteiger partial charge in [-0.15, -0.1) is 0 Å². The average Bonchev–Trinajstić information content (AvgIpc) is 2.92. The molecule has 2 aromatic rings. The van der Waals surface area contributed by atoms with Crippen LogP contribution in [0.4, 0.5) is 5.69 Å². The second kappa shape index (κ2) is 11.8. The number of rotatable bonds is 8. The molecule has 0 saturated heterocycles. The molecule has 0 amide bonds. The van der Waals surface area contributed by atoms with Gasteiger partial charge in [-0.05, 0) is 62.6 Å². The first-order chi connectivity index (χ1) is 18.7. The number of hydrogen-bond acceptors (Lipinski definition) is 8. The van der Waals surface area contributed by atoms with Crippen LogP contribution in [0.1, 0.15) is 50.2 Å². The molecule has 0 fully saturated rings. The molecule has 0 saturated carbocycles. The molecule has 0 aromatic heterocycles. The number of dihydropyridines is 1. The van der Waals surface area contributed by atoms with Crippen molar-refractivity contribution in [3.8, 4) is 5.75 Å². The minimum atomic E-state index is -1.07. The van der Waals surface area contributed by atoms with E-state index >= 15 is 0 Å². The van der Waals surface area contributed by atoms with E-state index in [4.69, 9.17) is 14.2 Å². The molecule has 8 nitrogen and oxygen atoms in total. The Bertz CT molecular complexity index is 1320. The van der Waals surface area contributed by atoms with Crippen molar-refractivity contribution in [1.29, 1.82) is 0 Å². The minimum absolute atomic E-state index is 0.153. The van der Waals surface area contributed by atoms with Crippen molar-refractivity contribution < 1.29 is 28.6 Å². The van der Waals surface area contributed by atoms with Crippen LogP contribution in [0.5, 0.6) is 5.75 Å². The zero-order chi connectivity index (χ0) is 28.3. The molecule has 4 rings (SSSR count). The van der Waals surface area contributed by atoms with Crippen LogP contribution >= 0.6 is 0 Å². The van der Waals surface area contributed by atoms with E-state index in [0.29, 0.717) is 34.7 Å². The van der Waals surface area contributed by atoms with Gasteiger partial charge in [-0.1, -0.05) is 24.3 Å². The molecule has 0 radical (unpaired) electrons. The van der Waals surface area contributed by atoms with Crippen molar-refractivity contribution in [2.45, 2.75) is 39.0 Å². The summed E-state index contributed by atoms with van der Waals surface area (Å²) in [4.78, 5) is 43.0. The molecule has 8 heteroatoms. The van der Waals surface area contributed by atoms with Crippen LogP contribution in [0.25, 0.3) is 0 Å². The zero-order valence-electron chi connectivity index (χ0n) is 23.4. The predicted molar refractivity (Wildman–Crippen MR) is 148 cm³/mol. The molecular weight excluding hydrogens is 496 g/mol. The fourth-order valence-corrected chi connectivity index (χ4v) is 5.50. The highest BCUT2D eigenvalue weighted by atomic mass is 16.5. The van der Waals surface area contributed by atoms with Gasteiger partial charge in [0, 0.05) is 48.6 Å². The van der Waals surface area contributed by atoms with Gasteiger partial charge in [0.15, 0.2) is 5.78 Å². The highest BCUT2D eigenvalue weighted by Gasteiger charge is 2.49. The molecule has 206 valence electrons. The summed E-state index contributed by atoms with van der Waals surface area (Å²) >= 11 is 0. The summed E-state index contributed by atoms with van der Waals surface area (Å²) in [6, 6.07) is 15.2. The Kier molecular flexibility index (Phi) is 8.43. The molecule has 3 atom stereocenters. The average molecular weight is 533 g/mol. The van der Waals surface area contributed by atoms with Crippen molar-refractivity contribution in [3.63, 3.8) is 0 Å². The molecule has 2 aromatic carbocycles. The zero-order valence-corrected chi connectivity index (χ0v) is 23.4. The summed E-state index contributed by atoms with van der Waals surface area (Å²) in [5, 5.41) is 3.33. The van der Waals surface area contributed by atoms with Gasteiger partial charge in [-0.25, -0.2) is 4.79 Å². The van der Waals surface area contributed by atoms with Crippen molar-refractivity contribution in [2.24, 2.45) is 5.92 Å². The van der Waals surface area contributed by atoms with Gasteiger partial charge >= 0.3 is 11.9 Å². The minimum Gasteiger partial charge on any atom is -0.497 e. The van der Waals surface area contributed by atoms with Crippen molar-refractivity contribution in [1.82, 2.24) is 5.32 Å². The fraction of sp³-hybridized carbons (Fsp3) is 0.387. The van der Waals surface area contributed by atoms with E-state index in [0.717, 1.165) is 16.8 Å². The topological polar surface area (TPSA) is 94.2 Å². The van der Waals surface area contributed by atoms with Crippen LogP contribution in [0.15, 0.2) is 71.1 Å². The van der Waals surface area contributed by atoms with E-state index in [1.165, 1.54) is 0 Å². The third kappa shape index (κ3) is 5.41. The van der Waals surface area contributed by atoms with Gasteiger partial charge < -0.3 is 24.4 Å². The number of ketones is 1. The number of nitrogens with one attached hydrogen (secondary N) is 1. The number of carbonyl (C=O) groups is 3. The Labute approximate surface area is 229 Å². The monoisotopic (exact) mass is 532 g/mol. The Hall–Kier alpha value is -4.07. The maximum Gasteiger partial charge on any atom is 0.336 e. The Morgan fingerprint density at radius 1 is 1.00 bits per heavy atom. The van der Waals surface area contributed by atoms with Crippen LogP contribution in [0.2, 0.25) is 0 Å². The van der Waals surface area contributed by atoms with Crippen molar-refractivity contribution in [2.75, 3.05) is 39.3 Å². The Morgan fingerprint density at radius 3 is 2.31 bits per heavy atom. The van der Waals surface area contributed by atoms with Gasteiger partial charge in [0.1, 0.15) is 11.7 Å². The van der Waals surface area contributed by atoms with E-state index in [1.54, 1.807) is 21.0 Å². The standard InChI is InChI=1S/C31H36N2O6/c1-7-38-30(35)25-18(3)32-24-17-23(20-10-9-11-22(16-20)37-6)27(31(36)39-8-2)29(34)28(24)26(25)19-12-14-21(15-13-19)33(4)5/h9-16,23,26-27,32H,7-8,17H2,1-6H3/t23-,26-,27+/m0/s1. The number of carbonyl (C=O) groups excluding carboxylic acids is 3. The second-order valence-corrected chi connectivity index (χ2v) is 9.88. The lowest BCUT2D eigenvalue weighted by Crippen LogP contribution is -2.43. The highest BCUT2D eigenvalue weighted by molar-refractivity contribution is 6.13.